The monoisotopic (exact) mass is 183 g/mol. The van der Waals surface area contributed by atoms with Crippen LogP contribution in [0.3, 0.4) is 0 Å². The van der Waals surface area contributed by atoms with Crippen molar-refractivity contribution < 1.29 is 0 Å². The third kappa shape index (κ3) is 3.68. The summed E-state index contributed by atoms with van der Waals surface area (Å²) < 4.78 is 0. The van der Waals surface area contributed by atoms with Gasteiger partial charge in [0.05, 0.1) is 0 Å². The first-order chi connectivity index (χ1) is 5.89. The lowest BCUT2D eigenvalue weighted by Crippen LogP contribution is -2.42. The fourth-order valence-electron chi connectivity index (χ4n) is 2.94. The topological polar surface area (TPSA) is 12.0 Å². The summed E-state index contributed by atoms with van der Waals surface area (Å²) in [6, 6.07) is 1.38. The van der Waals surface area contributed by atoms with E-state index >= 15 is 0 Å². The standard InChI is InChI=1S/C12H25N/c1-9(2)13-11-6-10(3)7-12(4,5)8-11/h9-11,13H,6-8H2,1-5H3/t10-,11-/m0/s1. The quantitative estimate of drug-likeness (QED) is 0.693. The maximum absolute atomic E-state index is 3.67. The number of hydrogen-bond donors (Lipinski definition) is 1. The van der Waals surface area contributed by atoms with Crippen LogP contribution in [0.15, 0.2) is 0 Å². The van der Waals surface area contributed by atoms with Gasteiger partial charge in [-0.05, 0) is 30.6 Å². The molecule has 0 aromatic heterocycles. The van der Waals surface area contributed by atoms with Crippen molar-refractivity contribution in [3.05, 3.63) is 0 Å². The molecular weight excluding hydrogens is 158 g/mol. The number of rotatable bonds is 2. The molecule has 2 atom stereocenters. The molecule has 0 aromatic carbocycles. The molecule has 0 radical (unpaired) electrons. The molecule has 0 aliphatic heterocycles. The highest BCUT2D eigenvalue weighted by atomic mass is 14.9. The van der Waals surface area contributed by atoms with Gasteiger partial charge in [0, 0.05) is 12.1 Å². The first kappa shape index (κ1) is 11.0. The van der Waals surface area contributed by atoms with Crippen LogP contribution in [0.25, 0.3) is 0 Å². The maximum Gasteiger partial charge on any atom is 0.00770 e. The normalized spacial score (nSPS) is 33.7. The predicted molar refractivity (Wildman–Crippen MR) is 58.9 cm³/mol. The minimum atomic E-state index is 0.546. The van der Waals surface area contributed by atoms with E-state index in [1.807, 2.05) is 0 Å². The smallest absolute Gasteiger partial charge is 0.00770 e. The Morgan fingerprint density at radius 2 is 1.85 bits per heavy atom. The Kier molecular flexibility index (Phi) is 3.39. The molecule has 0 saturated heterocycles. The highest BCUT2D eigenvalue weighted by molar-refractivity contribution is 4.86. The number of nitrogens with one attached hydrogen (secondary N) is 1. The van der Waals surface area contributed by atoms with Crippen molar-refractivity contribution in [2.45, 2.75) is 66.0 Å². The van der Waals surface area contributed by atoms with Crippen molar-refractivity contribution in [1.29, 1.82) is 0 Å². The summed E-state index contributed by atoms with van der Waals surface area (Å²) in [6.07, 6.45) is 4.10. The lowest BCUT2D eigenvalue weighted by molar-refractivity contribution is 0.147. The third-order valence-electron chi connectivity index (χ3n) is 2.96. The SMILES string of the molecule is CC(C)N[C@H]1C[C@H](C)CC(C)(C)C1. The zero-order valence-electron chi connectivity index (χ0n) is 9.85. The van der Waals surface area contributed by atoms with E-state index < -0.39 is 0 Å². The maximum atomic E-state index is 3.67. The van der Waals surface area contributed by atoms with Crippen LogP contribution in [0.2, 0.25) is 0 Å². The summed E-state index contributed by atoms with van der Waals surface area (Å²) in [5, 5.41) is 3.67. The van der Waals surface area contributed by atoms with Gasteiger partial charge >= 0.3 is 0 Å². The van der Waals surface area contributed by atoms with E-state index in [2.05, 4.69) is 39.9 Å². The van der Waals surface area contributed by atoms with Crippen LogP contribution in [0.4, 0.5) is 0 Å². The zero-order chi connectivity index (χ0) is 10.1. The molecule has 0 bridgehead atoms. The molecular formula is C12H25N. The van der Waals surface area contributed by atoms with Crippen LogP contribution in [0, 0.1) is 11.3 Å². The van der Waals surface area contributed by atoms with Crippen molar-refractivity contribution in [3.63, 3.8) is 0 Å². The van der Waals surface area contributed by atoms with Gasteiger partial charge in [0.15, 0.2) is 0 Å². The van der Waals surface area contributed by atoms with Crippen molar-refractivity contribution in [1.82, 2.24) is 5.32 Å². The Bertz CT molecular complexity index is 159. The molecule has 13 heavy (non-hydrogen) atoms. The molecule has 1 nitrogen and oxygen atoms in total. The van der Waals surface area contributed by atoms with Crippen molar-refractivity contribution in [3.8, 4) is 0 Å². The molecule has 1 fully saturated rings. The molecule has 0 unspecified atom stereocenters. The summed E-state index contributed by atoms with van der Waals surface area (Å²) >= 11 is 0. The van der Waals surface area contributed by atoms with Crippen LogP contribution in [-0.2, 0) is 0 Å². The van der Waals surface area contributed by atoms with Gasteiger partial charge in [0.25, 0.3) is 0 Å². The van der Waals surface area contributed by atoms with Gasteiger partial charge < -0.3 is 5.32 Å². The van der Waals surface area contributed by atoms with Gasteiger partial charge in [-0.15, -0.1) is 0 Å². The molecule has 0 aromatic rings. The molecule has 1 rings (SSSR count). The Morgan fingerprint density at radius 1 is 1.23 bits per heavy atom. The average molecular weight is 183 g/mol. The van der Waals surface area contributed by atoms with E-state index in [9.17, 15) is 0 Å². The highest BCUT2D eigenvalue weighted by Crippen LogP contribution is 2.38. The second kappa shape index (κ2) is 4.00. The minimum Gasteiger partial charge on any atom is -0.312 e. The second-order valence-corrected chi connectivity index (χ2v) is 5.93. The lowest BCUT2D eigenvalue weighted by atomic mass is 9.70. The summed E-state index contributed by atoms with van der Waals surface area (Å²) in [5.41, 5.74) is 0.546. The Hall–Kier alpha value is -0.0400. The van der Waals surface area contributed by atoms with E-state index in [-0.39, 0.29) is 0 Å². The Morgan fingerprint density at radius 3 is 2.31 bits per heavy atom. The van der Waals surface area contributed by atoms with Crippen LogP contribution >= 0.6 is 0 Å². The average Bonchev–Trinajstić information content (AvgIpc) is 1.78. The van der Waals surface area contributed by atoms with Crippen LogP contribution in [0.1, 0.15) is 53.9 Å². The van der Waals surface area contributed by atoms with E-state index in [1.54, 1.807) is 0 Å². The molecule has 78 valence electrons. The van der Waals surface area contributed by atoms with E-state index in [0.29, 0.717) is 11.5 Å². The zero-order valence-corrected chi connectivity index (χ0v) is 9.85. The Labute approximate surface area is 83.3 Å². The van der Waals surface area contributed by atoms with Gasteiger partial charge in [0.2, 0.25) is 0 Å². The predicted octanol–water partition coefficient (Wildman–Crippen LogP) is 3.20. The first-order valence-electron chi connectivity index (χ1n) is 5.65. The van der Waals surface area contributed by atoms with E-state index in [0.717, 1.165) is 12.0 Å². The molecule has 1 N–H and O–H groups in total. The highest BCUT2D eigenvalue weighted by Gasteiger charge is 2.31. The molecule has 0 amide bonds. The second-order valence-electron chi connectivity index (χ2n) is 5.93. The van der Waals surface area contributed by atoms with Crippen LogP contribution in [-0.4, -0.2) is 12.1 Å². The molecule has 1 saturated carbocycles. The fourth-order valence-corrected chi connectivity index (χ4v) is 2.94. The minimum absolute atomic E-state index is 0.546. The van der Waals surface area contributed by atoms with E-state index in [1.165, 1.54) is 19.3 Å². The van der Waals surface area contributed by atoms with Gasteiger partial charge in [-0.3, -0.25) is 0 Å². The summed E-state index contributed by atoms with van der Waals surface area (Å²) in [4.78, 5) is 0. The molecule has 1 aliphatic carbocycles. The van der Waals surface area contributed by atoms with E-state index in [4.69, 9.17) is 0 Å². The van der Waals surface area contributed by atoms with Crippen LogP contribution in [0.5, 0.6) is 0 Å². The molecule has 0 spiro atoms. The fraction of sp³-hybridized carbons (Fsp3) is 1.00. The van der Waals surface area contributed by atoms with Crippen molar-refractivity contribution in [2.75, 3.05) is 0 Å². The summed E-state index contributed by atoms with van der Waals surface area (Å²) in [7, 11) is 0. The first-order valence-corrected chi connectivity index (χ1v) is 5.65. The van der Waals surface area contributed by atoms with Gasteiger partial charge in [-0.25, -0.2) is 0 Å². The summed E-state index contributed by atoms with van der Waals surface area (Å²) in [6.45, 7) is 11.7. The number of hydrogen-bond acceptors (Lipinski definition) is 1. The lowest BCUT2D eigenvalue weighted by Gasteiger charge is -2.40. The van der Waals surface area contributed by atoms with Gasteiger partial charge in [-0.1, -0.05) is 34.6 Å². The third-order valence-corrected chi connectivity index (χ3v) is 2.96. The van der Waals surface area contributed by atoms with Crippen molar-refractivity contribution in [2.24, 2.45) is 11.3 Å². The van der Waals surface area contributed by atoms with Gasteiger partial charge in [-0.2, -0.15) is 0 Å². The molecule has 1 heteroatoms. The van der Waals surface area contributed by atoms with Gasteiger partial charge in [0.1, 0.15) is 0 Å². The van der Waals surface area contributed by atoms with Crippen LogP contribution < -0.4 is 5.32 Å². The molecule has 1 aliphatic rings. The molecule has 0 heterocycles. The van der Waals surface area contributed by atoms with Crippen molar-refractivity contribution >= 4 is 0 Å². The summed E-state index contributed by atoms with van der Waals surface area (Å²) in [5.74, 6) is 0.889. The largest absolute Gasteiger partial charge is 0.312 e. The Balaban J connectivity index is 2.48.